The number of likely N-dealkylation sites (tertiary alicyclic amines) is 1. The number of hydrogen-bond donors (Lipinski definition) is 0. The third-order valence-corrected chi connectivity index (χ3v) is 4.80. The first-order valence-corrected chi connectivity index (χ1v) is 9.33. The summed E-state index contributed by atoms with van der Waals surface area (Å²) in [6.45, 7) is 3.90. The van der Waals surface area contributed by atoms with Gasteiger partial charge in [-0.25, -0.2) is 4.79 Å². The predicted octanol–water partition coefficient (Wildman–Crippen LogP) is 3.68. The van der Waals surface area contributed by atoms with E-state index >= 15 is 0 Å². The maximum absolute atomic E-state index is 12.2. The molecule has 5 nitrogen and oxygen atoms in total. The smallest absolute Gasteiger partial charge is 0.338 e. The number of nitrogens with zero attached hydrogens (tertiary/aromatic N) is 1. The molecule has 0 spiro atoms. The minimum atomic E-state index is -0.482. The summed E-state index contributed by atoms with van der Waals surface area (Å²) in [4.78, 5) is 26.1. The summed E-state index contributed by atoms with van der Waals surface area (Å²) in [6, 6.07) is 16.6. The molecule has 2 aromatic carbocycles. The molecule has 1 aliphatic rings. The van der Waals surface area contributed by atoms with Gasteiger partial charge in [0.25, 0.3) is 5.91 Å². The van der Waals surface area contributed by atoms with Crippen molar-refractivity contribution in [1.82, 2.24) is 4.90 Å². The van der Waals surface area contributed by atoms with Crippen molar-refractivity contribution in [3.8, 4) is 5.75 Å². The Morgan fingerprint density at radius 3 is 2.33 bits per heavy atom. The Balaban J connectivity index is 1.45. The van der Waals surface area contributed by atoms with Gasteiger partial charge in [0.15, 0.2) is 6.61 Å². The second-order valence-corrected chi connectivity index (χ2v) is 6.94. The summed E-state index contributed by atoms with van der Waals surface area (Å²) in [6.07, 6.45) is 2.01. The molecule has 1 heterocycles. The number of piperidine rings is 1. The Morgan fingerprint density at radius 2 is 1.67 bits per heavy atom. The van der Waals surface area contributed by atoms with Crippen LogP contribution in [-0.4, -0.2) is 36.5 Å². The van der Waals surface area contributed by atoms with Gasteiger partial charge in [0, 0.05) is 13.1 Å². The van der Waals surface area contributed by atoms with Crippen molar-refractivity contribution in [3.05, 3.63) is 65.7 Å². The van der Waals surface area contributed by atoms with Crippen molar-refractivity contribution in [3.63, 3.8) is 0 Å². The number of benzene rings is 2. The highest BCUT2D eigenvalue weighted by Gasteiger charge is 2.21. The van der Waals surface area contributed by atoms with Gasteiger partial charge in [0.2, 0.25) is 0 Å². The molecule has 1 saturated heterocycles. The normalized spacial score (nSPS) is 14.6. The van der Waals surface area contributed by atoms with Gasteiger partial charge in [-0.1, -0.05) is 37.3 Å². The van der Waals surface area contributed by atoms with Crippen LogP contribution in [-0.2, 0) is 16.1 Å². The van der Waals surface area contributed by atoms with E-state index in [0.29, 0.717) is 18.1 Å². The minimum Gasteiger partial charge on any atom is -0.489 e. The third kappa shape index (κ3) is 5.58. The lowest BCUT2D eigenvalue weighted by molar-refractivity contribution is -0.135. The molecule has 0 unspecified atom stereocenters. The summed E-state index contributed by atoms with van der Waals surface area (Å²) >= 11 is 0. The number of para-hydroxylation sites is 1. The van der Waals surface area contributed by atoms with Crippen LogP contribution in [0.25, 0.3) is 0 Å². The van der Waals surface area contributed by atoms with Crippen LogP contribution < -0.4 is 4.74 Å². The number of carbonyl (C=O) groups excluding carboxylic acids is 2. The molecule has 142 valence electrons. The van der Waals surface area contributed by atoms with Crippen LogP contribution in [0.15, 0.2) is 54.6 Å². The Morgan fingerprint density at radius 1 is 1.00 bits per heavy atom. The van der Waals surface area contributed by atoms with Crippen molar-refractivity contribution < 1.29 is 19.1 Å². The second kappa shape index (κ2) is 9.21. The topological polar surface area (TPSA) is 55.8 Å². The van der Waals surface area contributed by atoms with Crippen molar-refractivity contribution in [1.29, 1.82) is 0 Å². The Kier molecular flexibility index (Phi) is 6.47. The fourth-order valence-electron chi connectivity index (χ4n) is 2.98. The van der Waals surface area contributed by atoms with E-state index in [1.54, 1.807) is 17.0 Å². The van der Waals surface area contributed by atoms with Gasteiger partial charge < -0.3 is 14.4 Å². The summed E-state index contributed by atoms with van der Waals surface area (Å²) in [5.41, 5.74) is 1.38. The fourth-order valence-corrected chi connectivity index (χ4v) is 2.98. The number of rotatable bonds is 6. The average molecular weight is 367 g/mol. The molecular weight excluding hydrogens is 342 g/mol. The molecule has 1 aliphatic heterocycles. The highest BCUT2D eigenvalue weighted by molar-refractivity contribution is 5.91. The second-order valence-electron chi connectivity index (χ2n) is 6.94. The van der Waals surface area contributed by atoms with Crippen LogP contribution in [0.5, 0.6) is 5.75 Å². The number of esters is 1. The SMILES string of the molecule is CC1CCN(C(=O)COC(=O)c2ccc(COc3ccccc3)cc2)CC1. The molecule has 0 aromatic heterocycles. The lowest BCUT2D eigenvalue weighted by Crippen LogP contribution is -2.40. The first-order valence-electron chi connectivity index (χ1n) is 9.33. The third-order valence-electron chi connectivity index (χ3n) is 4.80. The summed E-state index contributed by atoms with van der Waals surface area (Å²) in [7, 11) is 0. The number of carbonyl (C=O) groups is 2. The van der Waals surface area contributed by atoms with Crippen LogP contribution in [0.4, 0.5) is 0 Å². The molecule has 0 saturated carbocycles. The van der Waals surface area contributed by atoms with Crippen LogP contribution in [0, 0.1) is 5.92 Å². The van der Waals surface area contributed by atoms with Crippen molar-refractivity contribution in [2.75, 3.05) is 19.7 Å². The zero-order valence-electron chi connectivity index (χ0n) is 15.6. The highest BCUT2D eigenvalue weighted by Crippen LogP contribution is 2.16. The quantitative estimate of drug-likeness (QED) is 0.731. The molecule has 0 radical (unpaired) electrons. The Bertz CT molecular complexity index is 750. The van der Waals surface area contributed by atoms with Gasteiger partial charge in [0.1, 0.15) is 12.4 Å². The van der Waals surface area contributed by atoms with Crippen molar-refractivity contribution in [2.24, 2.45) is 5.92 Å². The summed E-state index contributed by atoms with van der Waals surface area (Å²) < 4.78 is 10.9. The van der Waals surface area contributed by atoms with Gasteiger partial charge in [-0.15, -0.1) is 0 Å². The fraction of sp³-hybridized carbons (Fsp3) is 0.364. The van der Waals surface area contributed by atoms with E-state index in [2.05, 4.69) is 6.92 Å². The number of hydrogen-bond acceptors (Lipinski definition) is 4. The van der Waals surface area contributed by atoms with Crippen LogP contribution >= 0.6 is 0 Å². The summed E-state index contributed by atoms with van der Waals surface area (Å²) in [5.74, 6) is 0.847. The number of ether oxygens (including phenoxy) is 2. The molecule has 5 heteroatoms. The Labute approximate surface area is 159 Å². The lowest BCUT2D eigenvalue weighted by atomic mass is 9.99. The summed E-state index contributed by atoms with van der Waals surface area (Å²) in [5, 5.41) is 0. The van der Waals surface area contributed by atoms with E-state index in [4.69, 9.17) is 9.47 Å². The average Bonchev–Trinajstić information content (AvgIpc) is 2.72. The van der Waals surface area contributed by atoms with Crippen LogP contribution in [0.2, 0.25) is 0 Å². The minimum absolute atomic E-state index is 0.122. The number of amides is 1. The van der Waals surface area contributed by atoms with E-state index in [-0.39, 0.29) is 12.5 Å². The molecule has 0 aliphatic carbocycles. The molecule has 0 N–H and O–H groups in total. The maximum Gasteiger partial charge on any atom is 0.338 e. The van der Waals surface area contributed by atoms with E-state index < -0.39 is 5.97 Å². The first kappa shape index (κ1) is 19.0. The predicted molar refractivity (Wildman–Crippen MR) is 102 cm³/mol. The zero-order chi connectivity index (χ0) is 19.1. The molecule has 1 amide bonds. The molecule has 3 rings (SSSR count). The lowest BCUT2D eigenvalue weighted by Gasteiger charge is -2.30. The maximum atomic E-state index is 12.2. The standard InChI is InChI=1S/C22H25NO4/c1-17-11-13-23(14-12-17)21(24)16-27-22(25)19-9-7-18(8-10-19)15-26-20-5-3-2-4-6-20/h2-10,17H,11-16H2,1H3. The van der Waals surface area contributed by atoms with E-state index in [1.807, 2.05) is 42.5 Å². The van der Waals surface area contributed by atoms with Gasteiger partial charge in [0.05, 0.1) is 5.56 Å². The van der Waals surface area contributed by atoms with E-state index in [9.17, 15) is 9.59 Å². The van der Waals surface area contributed by atoms with Crippen molar-refractivity contribution in [2.45, 2.75) is 26.4 Å². The van der Waals surface area contributed by atoms with Crippen LogP contribution in [0.1, 0.15) is 35.7 Å². The monoisotopic (exact) mass is 367 g/mol. The first-order chi connectivity index (χ1) is 13.1. The molecule has 27 heavy (non-hydrogen) atoms. The van der Waals surface area contributed by atoms with Crippen molar-refractivity contribution >= 4 is 11.9 Å². The van der Waals surface area contributed by atoms with Crippen LogP contribution in [0.3, 0.4) is 0 Å². The van der Waals surface area contributed by atoms with E-state index in [0.717, 1.165) is 37.2 Å². The molecule has 0 bridgehead atoms. The highest BCUT2D eigenvalue weighted by atomic mass is 16.5. The van der Waals surface area contributed by atoms with Gasteiger partial charge in [-0.3, -0.25) is 4.79 Å². The zero-order valence-corrected chi connectivity index (χ0v) is 15.6. The van der Waals surface area contributed by atoms with Gasteiger partial charge in [-0.2, -0.15) is 0 Å². The molecular formula is C22H25NO4. The largest absolute Gasteiger partial charge is 0.489 e. The molecule has 0 atom stereocenters. The van der Waals surface area contributed by atoms with Gasteiger partial charge >= 0.3 is 5.97 Å². The van der Waals surface area contributed by atoms with E-state index in [1.165, 1.54) is 0 Å². The van der Waals surface area contributed by atoms with Gasteiger partial charge in [-0.05, 0) is 48.6 Å². The molecule has 2 aromatic rings. The molecule has 1 fully saturated rings. The Hall–Kier alpha value is -2.82.